The number of rotatable bonds is 5. The van der Waals surface area contributed by atoms with Crippen molar-refractivity contribution in [3.63, 3.8) is 0 Å². The maximum absolute atomic E-state index is 9.52. The molecule has 0 radical (unpaired) electrons. The molecule has 1 N–H and O–H groups in total. The Kier molecular flexibility index (Phi) is 5.26. The molecule has 0 saturated carbocycles. The second-order valence-corrected chi connectivity index (χ2v) is 7.67. The van der Waals surface area contributed by atoms with Gasteiger partial charge in [-0.1, -0.05) is 0 Å². The van der Waals surface area contributed by atoms with Gasteiger partial charge in [-0.15, -0.1) is 0 Å². The first-order valence-corrected chi connectivity index (χ1v) is 9.90. The van der Waals surface area contributed by atoms with E-state index in [0.29, 0.717) is 11.4 Å². The third-order valence-corrected chi connectivity index (χ3v) is 5.21. The molecule has 0 unspecified atom stereocenters. The smallest absolute Gasteiger partial charge is 0.146 e. The molecule has 1 aromatic carbocycles. The second-order valence-electron chi connectivity index (χ2n) is 7.67. The second kappa shape index (κ2) is 8.03. The van der Waals surface area contributed by atoms with E-state index in [4.69, 9.17) is 4.74 Å². The van der Waals surface area contributed by atoms with Crippen molar-refractivity contribution in [2.45, 2.75) is 26.9 Å². The number of hydrogen-bond acceptors (Lipinski definition) is 7. The molecule has 8 heteroatoms. The number of H-pyrrole nitrogens is 1. The first-order valence-electron chi connectivity index (χ1n) is 9.90. The number of nitrogens with one attached hydrogen (secondary N) is 1. The molecule has 0 aliphatic carbocycles. The SMILES string of the molecule is Cc1cnnc(C)c1[C@@H](C)Oc1ccc2[nH]nc(-c3cnc(N(C)C)c(C#N)c3)c2c1. The lowest BCUT2D eigenvalue weighted by molar-refractivity contribution is 0.225. The van der Waals surface area contributed by atoms with Crippen LogP contribution in [0.3, 0.4) is 0 Å². The molecule has 0 fully saturated rings. The molecule has 0 spiro atoms. The Morgan fingerprint density at radius 1 is 1.16 bits per heavy atom. The molecular weight excluding hydrogens is 390 g/mol. The zero-order valence-electron chi connectivity index (χ0n) is 18.1. The van der Waals surface area contributed by atoms with Crippen molar-refractivity contribution in [2.75, 3.05) is 19.0 Å². The lowest BCUT2D eigenvalue weighted by atomic mass is 10.0. The summed E-state index contributed by atoms with van der Waals surface area (Å²) in [6, 6.07) is 9.83. The minimum absolute atomic E-state index is 0.186. The van der Waals surface area contributed by atoms with Gasteiger partial charge in [0.1, 0.15) is 29.4 Å². The summed E-state index contributed by atoms with van der Waals surface area (Å²) in [5.41, 5.74) is 5.79. The topological polar surface area (TPSA) is 104 Å². The van der Waals surface area contributed by atoms with Crippen LogP contribution in [-0.2, 0) is 0 Å². The quantitative estimate of drug-likeness (QED) is 0.525. The van der Waals surface area contributed by atoms with Crippen LogP contribution in [-0.4, -0.2) is 39.5 Å². The summed E-state index contributed by atoms with van der Waals surface area (Å²) < 4.78 is 6.24. The number of ether oxygens (including phenoxy) is 1. The number of hydrogen-bond donors (Lipinski definition) is 1. The minimum Gasteiger partial charge on any atom is -0.486 e. The summed E-state index contributed by atoms with van der Waals surface area (Å²) in [6.45, 7) is 5.94. The monoisotopic (exact) mass is 413 g/mol. The lowest BCUT2D eigenvalue weighted by Crippen LogP contribution is -2.12. The predicted octanol–water partition coefficient (Wildman–Crippen LogP) is 4.11. The number of pyridine rings is 1. The van der Waals surface area contributed by atoms with E-state index in [-0.39, 0.29) is 6.10 Å². The number of aromatic nitrogens is 5. The fourth-order valence-electron chi connectivity index (χ4n) is 3.80. The number of fused-ring (bicyclic) bond motifs is 1. The number of nitrogens with zero attached hydrogens (tertiary/aromatic N) is 6. The minimum atomic E-state index is -0.186. The molecule has 3 aromatic heterocycles. The highest BCUT2D eigenvalue weighted by Crippen LogP contribution is 2.33. The maximum Gasteiger partial charge on any atom is 0.146 e. The number of aromatic amines is 1. The molecule has 0 bridgehead atoms. The molecule has 4 aromatic rings. The first-order chi connectivity index (χ1) is 14.9. The van der Waals surface area contributed by atoms with Crippen LogP contribution in [0.4, 0.5) is 5.82 Å². The maximum atomic E-state index is 9.52. The molecule has 31 heavy (non-hydrogen) atoms. The highest BCUT2D eigenvalue weighted by Gasteiger charge is 2.17. The Bertz CT molecular complexity index is 1280. The van der Waals surface area contributed by atoms with Crippen molar-refractivity contribution in [1.29, 1.82) is 5.26 Å². The van der Waals surface area contributed by atoms with Gasteiger partial charge >= 0.3 is 0 Å². The average molecular weight is 413 g/mol. The molecule has 3 heterocycles. The average Bonchev–Trinajstić information content (AvgIpc) is 3.16. The summed E-state index contributed by atoms with van der Waals surface area (Å²) in [5, 5.41) is 26.1. The van der Waals surface area contributed by atoms with Crippen LogP contribution in [0.1, 0.15) is 35.4 Å². The Morgan fingerprint density at radius 3 is 2.68 bits per heavy atom. The van der Waals surface area contributed by atoms with Gasteiger partial charge in [-0.2, -0.15) is 20.6 Å². The molecule has 4 rings (SSSR count). The molecule has 0 aliphatic heterocycles. The molecule has 0 aliphatic rings. The molecule has 0 saturated heterocycles. The van der Waals surface area contributed by atoms with Crippen molar-refractivity contribution >= 4 is 16.7 Å². The Balaban J connectivity index is 1.71. The van der Waals surface area contributed by atoms with Crippen LogP contribution < -0.4 is 9.64 Å². The fourth-order valence-corrected chi connectivity index (χ4v) is 3.80. The zero-order chi connectivity index (χ0) is 22.1. The lowest BCUT2D eigenvalue weighted by Gasteiger charge is -2.18. The number of nitriles is 1. The van der Waals surface area contributed by atoms with Crippen molar-refractivity contribution in [1.82, 2.24) is 25.4 Å². The van der Waals surface area contributed by atoms with Crippen LogP contribution >= 0.6 is 0 Å². The van der Waals surface area contributed by atoms with Gasteiger partial charge in [0.25, 0.3) is 0 Å². The van der Waals surface area contributed by atoms with Crippen LogP contribution in [0.25, 0.3) is 22.2 Å². The summed E-state index contributed by atoms with van der Waals surface area (Å²) in [6.07, 6.45) is 3.29. The van der Waals surface area contributed by atoms with Gasteiger partial charge in [0, 0.05) is 36.8 Å². The first kappa shape index (κ1) is 20.3. The van der Waals surface area contributed by atoms with E-state index in [2.05, 4.69) is 31.4 Å². The van der Waals surface area contributed by atoms with Gasteiger partial charge < -0.3 is 9.64 Å². The largest absolute Gasteiger partial charge is 0.486 e. The Labute approximate surface area is 180 Å². The number of benzene rings is 1. The highest BCUT2D eigenvalue weighted by molar-refractivity contribution is 5.94. The Hall–Kier alpha value is -3.99. The number of aryl methyl sites for hydroxylation is 2. The van der Waals surface area contributed by atoms with Crippen LogP contribution in [0.2, 0.25) is 0 Å². The van der Waals surface area contributed by atoms with Crippen molar-refractivity contribution in [2.24, 2.45) is 0 Å². The summed E-state index contributed by atoms with van der Waals surface area (Å²) >= 11 is 0. The van der Waals surface area contributed by atoms with E-state index in [1.165, 1.54) is 0 Å². The summed E-state index contributed by atoms with van der Waals surface area (Å²) in [4.78, 5) is 6.26. The van der Waals surface area contributed by atoms with Gasteiger partial charge in [0.05, 0.1) is 23.0 Å². The van der Waals surface area contributed by atoms with Crippen LogP contribution in [0, 0.1) is 25.2 Å². The molecule has 1 atom stereocenters. The molecule has 8 nitrogen and oxygen atoms in total. The van der Waals surface area contributed by atoms with E-state index in [0.717, 1.165) is 44.7 Å². The fraction of sp³-hybridized carbons (Fsp3) is 0.261. The van der Waals surface area contributed by atoms with E-state index in [1.54, 1.807) is 12.4 Å². The summed E-state index contributed by atoms with van der Waals surface area (Å²) in [7, 11) is 3.72. The third-order valence-electron chi connectivity index (χ3n) is 5.21. The molecule has 156 valence electrons. The van der Waals surface area contributed by atoms with Crippen molar-refractivity contribution in [3.8, 4) is 23.1 Å². The normalized spacial score (nSPS) is 11.9. The van der Waals surface area contributed by atoms with E-state index < -0.39 is 0 Å². The van der Waals surface area contributed by atoms with Gasteiger partial charge in [0.2, 0.25) is 0 Å². The van der Waals surface area contributed by atoms with Crippen LogP contribution in [0.15, 0.2) is 36.7 Å². The van der Waals surface area contributed by atoms with Crippen molar-refractivity contribution in [3.05, 3.63) is 59.0 Å². The standard InChI is InChI=1S/C23H23N7O/c1-13-11-26-27-14(2)21(13)15(3)31-18-6-7-20-19(9-18)22(29-28-20)17-8-16(10-24)23(25-12-17)30(4)5/h6-9,11-12,15H,1-5H3,(H,28,29)/t15-/m1/s1. The zero-order valence-corrected chi connectivity index (χ0v) is 18.1. The van der Waals surface area contributed by atoms with E-state index in [1.807, 2.05) is 64.0 Å². The molecule has 0 amide bonds. The molecular formula is C23H23N7O. The van der Waals surface area contributed by atoms with Gasteiger partial charge in [-0.3, -0.25) is 5.10 Å². The third kappa shape index (κ3) is 3.78. The van der Waals surface area contributed by atoms with Crippen molar-refractivity contribution < 1.29 is 4.74 Å². The van der Waals surface area contributed by atoms with Gasteiger partial charge in [0.15, 0.2) is 0 Å². The van der Waals surface area contributed by atoms with E-state index in [9.17, 15) is 5.26 Å². The Morgan fingerprint density at radius 2 is 1.97 bits per heavy atom. The van der Waals surface area contributed by atoms with Crippen LogP contribution in [0.5, 0.6) is 5.75 Å². The highest BCUT2D eigenvalue weighted by atomic mass is 16.5. The van der Waals surface area contributed by atoms with Gasteiger partial charge in [-0.25, -0.2) is 4.98 Å². The van der Waals surface area contributed by atoms with E-state index >= 15 is 0 Å². The predicted molar refractivity (Wildman–Crippen MR) is 119 cm³/mol. The summed E-state index contributed by atoms with van der Waals surface area (Å²) in [5.74, 6) is 1.34. The van der Waals surface area contributed by atoms with Gasteiger partial charge in [-0.05, 0) is 50.6 Å². The number of anilines is 1.